The number of amides is 1. The number of esters is 1. The first-order valence-electron chi connectivity index (χ1n) is 13.1. The zero-order valence-electron chi connectivity index (χ0n) is 22.7. The third-order valence-electron chi connectivity index (χ3n) is 6.44. The molecule has 0 bridgehead atoms. The van der Waals surface area contributed by atoms with Crippen molar-refractivity contribution < 1.29 is 36.4 Å². The van der Waals surface area contributed by atoms with Crippen molar-refractivity contribution in [3.8, 4) is 0 Å². The summed E-state index contributed by atoms with van der Waals surface area (Å²) < 4.78 is 64.5. The van der Waals surface area contributed by atoms with Gasteiger partial charge in [0.1, 0.15) is 6.61 Å². The molecule has 1 amide bonds. The van der Waals surface area contributed by atoms with Crippen molar-refractivity contribution >= 4 is 50.9 Å². The maximum absolute atomic E-state index is 13.4. The maximum atomic E-state index is 13.4. The summed E-state index contributed by atoms with van der Waals surface area (Å²) in [4.78, 5) is 31.4. The standard InChI is InChI=1S/C29H29ClF3N3O5S/c1-2-40-26(37)18-41-28(19-42(39)22-7-4-3-5-8-22)16-20(17-29(31,32)33)27(38)36(28)14-6-12-34-24-11-13-35-25-15-21(30)9-10-23(24)25/h3-5,7-11,13,15-16H,2,6,12,14,17-19H2,1H3,(H,34,35). The van der Waals surface area contributed by atoms with Gasteiger partial charge in [-0.05, 0) is 55.8 Å². The lowest BCUT2D eigenvalue weighted by molar-refractivity contribution is -0.167. The molecule has 3 aromatic rings. The first-order chi connectivity index (χ1) is 20.0. The highest BCUT2D eigenvalue weighted by Crippen LogP contribution is 2.37. The van der Waals surface area contributed by atoms with Gasteiger partial charge in [0.05, 0.1) is 35.1 Å². The Morgan fingerprint density at radius 2 is 1.93 bits per heavy atom. The number of nitrogens with one attached hydrogen (secondary N) is 1. The quantitative estimate of drug-likeness (QED) is 0.198. The SMILES string of the molecule is CCOC(=O)COC1(CS(=O)c2ccccc2)C=C(CC(F)(F)F)C(=O)N1CCCNc1ccnc2cc(Cl)ccc12. The van der Waals surface area contributed by atoms with Gasteiger partial charge >= 0.3 is 12.1 Å². The summed E-state index contributed by atoms with van der Waals surface area (Å²) in [7, 11) is -1.79. The number of halogens is 4. The van der Waals surface area contributed by atoms with Gasteiger partial charge in [0.25, 0.3) is 5.91 Å². The number of hydrogen-bond acceptors (Lipinski definition) is 7. The molecule has 13 heteroatoms. The van der Waals surface area contributed by atoms with E-state index < -0.39 is 53.2 Å². The average molecular weight is 624 g/mol. The van der Waals surface area contributed by atoms with E-state index >= 15 is 0 Å². The molecule has 2 unspecified atom stereocenters. The fourth-order valence-electron chi connectivity index (χ4n) is 4.64. The highest BCUT2D eigenvalue weighted by molar-refractivity contribution is 7.85. The topological polar surface area (TPSA) is 97.8 Å². The van der Waals surface area contributed by atoms with Crippen molar-refractivity contribution in [3.05, 3.63) is 77.5 Å². The molecule has 224 valence electrons. The lowest BCUT2D eigenvalue weighted by Gasteiger charge is -2.37. The van der Waals surface area contributed by atoms with E-state index in [-0.39, 0.29) is 18.9 Å². The van der Waals surface area contributed by atoms with E-state index in [9.17, 15) is 27.0 Å². The summed E-state index contributed by atoms with van der Waals surface area (Å²) in [6.45, 7) is 1.29. The summed E-state index contributed by atoms with van der Waals surface area (Å²) in [5.41, 5.74) is -0.972. The van der Waals surface area contributed by atoms with E-state index in [1.807, 2.05) is 6.07 Å². The minimum Gasteiger partial charge on any atom is -0.464 e. The van der Waals surface area contributed by atoms with Crippen LogP contribution in [-0.4, -0.2) is 69.9 Å². The second-order valence-corrected chi connectivity index (χ2v) is 11.3. The minimum atomic E-state index is -4.67. The van der Waals surface area contributed by atoms with Crippen molar-refractivity contribution in [3.63, 3.8) is 0 Å². The molecule has 1 N–H and O–H groups in total. The zero-order chi connectivity index (χ0) is 30.3. The van der Waals surface area contributed by atoms with Crippen LogP contribution in [-0.2, 0) is 29.9 Å². The van der Waals surface area contributed by atoms with Crippen molar-refractivity contribution in [1.29, 1.82) is 0 Å². The van der Waals surface area contributed by atoms with Crippen LogP contribution in [0.3, 0.4) is 0 Å². The molecule has 0 spiro atoms. The number of hydrogen-bond donors (Lipinski definition) is 1. The number of benzene rings is 2. The fraction of sp³-hybridized carbons (Fsp3) is 0.345. The van der Waals surface area contributed by atoms with Crippen molar-refractivity contribution in [2.45, 2.75) is 36.6 Å². The monoisotopic (exact) mass is 623 g/mol. The van der Waals surface area contributed by atoms with Crippen LogP contribution in [0, 0.1) is 0 Å². The molecule has 2 aromatic carbocycles. The first kappa shape index (κ1) is 31.5. The average Bonchev–Trinajstić information content (AvgIpc) is 3.19. The first-order valence-corrected chi connectivity index (χ1v) is 14.8. The lowest BCUT2D eigenvalue weighted by Crippen LogP contribution is -2.53. The fourth-order valence-corrected chi connectivity index (χ4v) is 6.13. The maximum Gasteiger partial charge on any atom is 0.393 e. The third kappa shape index (κ3) is 7.87. The predicted molar refractivity (Wildman–Crippen MR) is 153 cm³/mol. The molecule has 0 radical (unpaired) electrons. The number of aromatic nitrogens is 1. The van der Waals surface area contributed by atoms with Gasteiger partial charge < -0.3 is 19.7 Å². The van der Waals surface area contributed by atoms with Gasteiger partial charge in [-0.1, -0.05) is 29.8 Å². The molecule has 4 rings (SSSR count). The second-order valence-electron chi connectivity index (χ2n) is 9.46. The smallest absolute Gasteiger partial charge is 0.393 e. The summed E-state index contributed by atoms with van der Waals surface area (Å²) in [5.74, 6) is -2.05. The predicted octanol–water partition coefficient (Wildman–Crippen LogP) is 5.50. The van der Waals surface area contributed by atoms with Crippen molar-refractivity contribution in [2.24, 2.45) is 0 Å². The Morgan fingerprint density at radius 3 is 2.64 bits per heavy atom. The van der Waals surface area contributed by atoms with Crippen LogP contribution in [0.1, 0.15) is 19.8 Å². The van der Waals surface area contributed by atoms with Crippen molar-refractivity contribution in [1.82, 2.24) is 9.88 Å². The van der Waals surface area contributed by atoms with Gasteiger partial charge in [-0.15, -0.1) is 0 Å². The summed E-state index contributed by atoms with van der Waals surface area (Å²) >= 11 is 6.06. The van der Waals surface area contributed by atoms with Gasteiger partial charge in [-0.25, -0.2) is 4.79 Å². The normalized spacial score (nSPS) is 17.8. The van der Waals surface area contributed by atoms with E-state index in [4.69, 9.17) is 21.1 Å². The number of fused-ring (bicyclic) bond motifs is 1. The second kappa shape index (κ2) is 13.7. The molecule has 2 heterocycles. The minimum absolute atomic E-state index is 0.0483. The number of nitrogens with zero attached hydrogens (tertiary/aromatic N) is 2. The molecule has 0 aliphatic carbocycles. The van der Waals surface area contributed by atoms with Gasteiger partial charge in [0, 0.05) is 45.9 Å². The third-order valence-corrected chi connectivity index (χ3v) is 8.14. The molecule has 0 saturated carbocycles. The van der Waals surface area contributed by atoms with Gasteiger partial charge in [0.2, 0.25) is 0 Å². The van der Waals surface area contributed by atoms with E-state index in [1.54, 1.807) is 61.7 Å². The Labute approximate surface area is 248 Å². The number of pyridine rings is 1. The molecular weight excluding hydrogens is 595 g/mol. The van der Waals surface area contributed by atoms with E-state index in [2.05, 4.69) is 10.3 Å². The Bertz CT molecular complexity index is 1490. The summed E-state index contributed by atoms with van der Waals surface area (Å²) in [6.07, 6.45) is -3.20. The Hall–Kier alpha value is -3.48. The molecule has 8 nitrogen and oxygen atoms in total. The van der Waals surface area contributed by atoms with Crippen LogP contribution in [0.15, 0.2) is 77.3 Å². The number of rotatable bonds is 13. The van der Waals surface area contributed by atoms with Gasteiger partial charge in [-0.3, -0.25) is 14.0 Å². The molecular formula is C29H29ClF3N3O5S. The Morgan fingerprint density at radius 1 is 1.17 bits per heavy atom. The van der Waals surface area contributed by atoms with E-state index in [1.165, 1.54) is 0 Å². The number of alkyl halides is 3. The molecule has 1 aliphatic heterocycles. The number of anilines is 1. The highest BCUT2D eigenvalue weighted by Gasteiger charge is 2.49. The lowest BCUT2D eigenvalue weighted by atomic mass is 10.1. The van der Waals surface area contributed by atoms with Crippen LogP contribution < -0.4 is 5.32 Å². The van der Waals surface area contributed by atoms with Crippen LogP contribution in [0.4, 0.5) is 18.9 Å². The molecule has 1 aromatic heterocycles. The highest BCUT2D eigenvalue weighted by atomic mass is 35.5. The van der Waals surface area contributed by atoms with Crippen LogP contribution in [0.5, 0.6) is 0 Å². The van der Waals surface area contributed by atoms with Crippen LogP contribution in [0.25, 0.3) is 10.9 Å². The largest absolute Gasteiger partial charge is 0.464 e. The van der Waals surface area contributed by atoms with Crippen LogP contribution in [0.2, 0.25) is 5.02 Å². The Kier molecular flexibility index (Phi) is 10.2. The van der Waals surface area contributed by atoms with E-state index in [0.29, 0.717) is 28.4 Å². The number of ether oxygens (including phenoxy) is 2. The molecule has 0 saturated heterocycles. The summed E-state index contributed by atoms with van der Waals surface area (Å²) in [6, 6.07) is 15.3. The Balaban J connectivity index is 1.59. The molecule has 2 atom stereocenters. The van der Waals surface area contributed by atoms with Crippen molar-refractivity contribution in [2.75, 3.05) is 37.4 Å². The number of carbonyl (C=O) groups excluding carboxylic acids is 2. The van der Waals surface area contributed by atoms with Gasteiger partial charge in [0.15, 0.2) is 5.72 Å². The number of carbonyl (C=O) groups is 2. The van der Waals surface area contributed by atoms with E-state index in [0.717, 1.165) is 22.0 Å². The van der Waals surface area contributed by atoms with Crippen LogP contribution >= 0.6 is 11.6 Å². The summed E-state index contributed by atoms with van der Waals surface area (Å²) in [5, 5.41) is 4.62. The molecule has 1 aliphatic rings. The zero-order valence-corrected chi connectivity index (χ0v) is 24.2. The van der Waals surface area contributed by atoms with Gasteiger partial charge in [-0.2, -0.15) is 13.2 Å². The molecule has 0 fully saturated rings. The molecule has 42 heavy (non-hydrogen) atoms.